The molecule has 0 saturated heterocycles. The molecule has 0 radical (unpaired) electrons. The van der Waals surface area contributed by atoms with Crippen LogP contribution in [0.15, 0.2) is 41.3 Å². The van der Waals surface area contributed by atoms with Gasteiger partial charge in [-0.1, -0.05) is 0 Å². The molecular weight excluding hydrogens is 344 g/mol. The molecule has 2 aromatic carbocycles. The number of benzene rings is 2. The molecule has 0 atom stereocenters. The highest BCUT2D eigenvalue weighted by Crippen LogP contribution is 2.26. The van der Waals surface area contributed by atoms with Gasteiger partial charge in [-0.3, -0.25) is 14.8 Å². The van der Waals surface area contributed by atoms with Crippen LogP contribution in [0.5, 0.6) is 0 Å². The van der Waals surface area contributed by atoms with Crippen LogP contribution < -0.4 is 9.62 Å². The summed E-state index contributed by atoms with van der Waals surface area (Å²) in [5, 5.41) is 10.7. The van der Waals surface area contributed by atoms with Crippen LogP contribution in [0.25, 0.3) is 0 Å². The zero-order valence-corrected chi connectivity index (χ0v) is 13.5. The van der Waals surface area contributed by atoms with Crippen molar-refractivity contribution < 1.29 is 22.1 Å². The molecule has 0 bridgehead atoms. The van der Waals surface area contributed by atoms with E-state index in [2.05, 4.69) is 4.72 Å². The number of nitrogens with zero attached hydrogens (tertiary/aromatic N) is 2. The fourth-order valence-corrected chi connectivity index (χ4v) is 2.97. The number of nitro benzene ring substituents is 1. The van der Waals surface area contributed by atoms with Gasteiger partial charge in [-0.2, -0.15) is 4.39 Å². The van der Waals surface area contributed by atoms with Crippen molar-refractivity contribution in [2.24, 2.45) is 0 Å². The van der Waals surface area contributed by atoms with Crippen molar-refractivity contribution in [1.29, 1.82) is 0 Å². The fourth-order valence-electron chi connectivity index (χ4n) is 1.88. The molecule has 0 amide bonds. The number of hydrogen-bond acceptors (Lipinski definition) is 5. The van der Waals surface area contributed by atoms with Gasteiger partial charge in [0, 0.05) is 31.5 Å². The highest BCUT2D eigenvalue weighted by atomic mass is 32.2. The third kappa shape index (κ3) is 3.59. The van der Waals surface area contributed by atoms with Gasteiger partial charge < -0.3 is 4.90 Å². The van der Waals surface area contributed by atoms with Gasteiger partial charge in [0.25, 0.3) is 10.0 Å². The van der Waals surface area contributed by atoms with E-state index < -0.39 is 37.2 Å². The summed E-state index contributed by atoms with van der Waals surface area (Å²) in [6.07, 6.45) is 0. The Kier molecular flexibility index (Phi) is 4.69. The lowest BCUT2D eigenvalue weighted by Crippen LogP contribution is -2.14. The van der Waals surface area contributed by atoms with Crippen molar-refractivity contribution in [3.05, 3.63) is 58.1 Å². The highest BCUT2D eigenvalue weighted by Gasteiger charge is 2.25. The van der Waals surface area contributed by atoms with Gasteiger partial charge in [0.15, 0.2) is 5.82 Å². The maximum Gasteiger partial charge on any atom is 0.309 e. The van der Waals surface area contributed by atoms with Gasteiger partial charge >= 0.3 is 5.69 Å². The average molecular weight is 357 g/mol. The monoisotopic (exact) mass is 357 g/mol. The molecule has 7 nitrogen and oxygen atoms in total. The topological polar surface area (TPSA) is 92.6 Å². The molecular formula is C14H13F2N3O4S. The van der Waals surface area contributed by atoms with Gasteiger partial charge in [-0.15, -0.1) is 0 Å². The molecule has 0 unspecified atom stereocenters. The van der Waals surface area contributed by atoms with Crippen molar-refractivity contribution in [3.63, 3.8) is 0 Å². The largest absolute Gasteiger partial charge is 0.378 e. The highest BCUT2D eigenvalue weighted by molar-refractivity contribution is 7.92. The minimum Gasteiger partial charge on any atom is -0.378 e. The Morgan fingerprint density at radius 3 is 2.21 bits per heavy atom. The predicted molar refractivity (Wildman–Crippen MR) is 84.6 cm³/mol. The fraction of sp³-hybridized carbons (Fsp3) is 0.143. The van der Waals surface area contributed by atoms with Crippen molar-refractivity contribution >= 4 is 27.1 Å². The standard InChI is InChI=1S/C14H13F2N3O4S/c1-18(2)10-5-3-9(4-6-10)17-24(22,23)11-7-12(15)14(16)13(8-11)19(20)21/h3-8,17H,1-2H3. The first-order valence-electron chi connectivity index (χ1n) is 6.55. The maximum atomic E-state index is 13.4. The van der Waals surface area contributed by atoms with Crippen LogP contribution in [0.2, 0.25) is 0 Å². The lowest BCUT2D eigenvalue weighted by Gasteiger charge is -2.13. The normalized spacial score (nSPS) is 11.2. The smallest absolute Gasteiger partial charge is 0.309 e. The number of hydrogen-bond donors (Lipinski definition) is 1. The van der Waals surface area contributed by atoms with Gasteiger partial charge in [0.1, 0.15) is 0 Å². The molecule has 0 heterocycles. The van der Waals surface area contributed by atoms with E-state index >= 15 is 0 Å². The summed E-state index contributed by atoms with van der Waals surface area (Å²) in [6.45, 7) is 0. The third-order valence-electron chi connectivity index (χ3n) is 3.13. The van der Waals surface area contributed by atoms with Crippen LogP contribution in [0.3, 0.4) is 0 Å². The first-order valence-corrected chi connectivity index (χ1v) is 8.04. The second-order valence-electron chi connectivity index (χ2n) is 5.04. The lowest BCUT2D eigenvalue weighted by atomic mass is 10.3. The number of rotatable bonds is 5. The van der Waals surface area contributed by atoms with E-state index in [0.29, 0.717) is 12.1 Å². The van der Waals surface area contributed by atoms with Gasteiger partial charge in [-0.05, 0) is 30.3 Å². The molecule has 0 saturated carbocycles. The molecule has 0 aliphatic heterocycles. The van der Waals surface area contributed by atoms with Crippen LogP contribution in [-0.2, 0) is 10.0 Å². The summed E-state index contributed by atoms with van der Waals surface area (Å²) in [7, 11) is -0.706. The second-order valence-corrected chi connectivity index (χ2v) is 6.72. The van der Waals surface area contributed by atoms with Crippen molar-refractivity contribution in [1.82, 2.24) is 0 Å². The molecule has 1 N–H and O–H groups in total. The summed E-state index contributed by atoms with van der Waals surface area (Å²) in [4.78, 5) is 10.6. The first kappa shape index (κ1) is 17.6. The van der Waals surface area contributed by atoms with E-state index in [0.717, 1.165) is 5.69 Å². The Morgan fingerprint density at radius 1 is 1.12 bits per heavy atom. The number of nitro groups is 1. The Hall–Kier alpha value is -2.75. The molecule has 0 aromatic heterocycles. The van der Waals surface area contributed by atoms with Crippen molar-refractivity contribution in [3.8, 4) is 0 Å². The molecule has 0 fully saturated rings. The minimum absolute atomic E-state index is 0.174. The summed E-state index contributed by atoms with van der Waals surface area (Å²) in [6, 6.07) is 7.09. The van der Waals surface area contributed by atoms with E-state index in [1.54, 1.807) is 31.1 Å². The summed E-state index contributed by atoms with van der Waals surface area (Å²) in [5.74, 6) is -3.33. The SMILES string of the molecule is CN(C)c1ccc(NS(=O)(=O)c2cc(F)c(F)c([N+](=O)[O-])c2)cc1. The van der Waals surface area contributed by atoms with E-state index in [-0.39, 0.29) is 5.69 Å². The Labute approximate surface area is 136 Å². The van der Waals surface area contributed by atoms with Gasteiger partial charge in [-0.25, -0.2) is 12.8 Å². The Balaban J connectivity index is 2.38. The van der Waals surface area contributed by atoms with Crippen LogP contribution in [0, 0.1) is 21.7 Å². The van der Waals surface area contributed by atoms with Gasteiger partial charge in [0.2, 0.25) is 5.82 Å². The maximum absolute atomic E-state index is 13.4. The number of anilines is 2. The van der Waals surface area contributed by atoms with E-state index in [9.17, 15) is 27.3 Å². The molecule has 0 aliphatic rings. The third-order valence-corrected chi connectivity index (χ3v) is 4.49. The van der Waals surface area contributed by atoms with Crippen molar-refractivity contribution in [2.75, 3.05) is 23.7 Å². The quantitative estimate of drug-likeness (QED) is 0.656. The Bertz CT molecular complexity index is 884. The summed E-state index contributed by atoms with van der Waals surface area (Å²) in [5.41, 5.74) is -0.257. The summed E-state index contributed by atoms with van der Waals surface area (Å²) < 4.78 is 53.4. The second kappa shape index (κ2) is 6.40. The predicted octanol–water partition coefficient (Wildman–Crippen LogP) is 2.74. The molecule has 24 heavy (non-hydrogen) atoms. The first-order chi connectivity index (χ1) is 11.1. The van der Waals surface area contributed by atoms with Crippen LogP contribution in [0.4, 0.5) is 25.8 Å². The average Bonchev–Trinajstić information content (AvgIpc) is 2.49. The number of nitrogens with one attached hydrogen (secondary N) is 1. The zero-order chi connectivity index (χ0) is 18.1. The molecule has 10 heteroatoms. The van der Waals surface area contributed by atoms with E-state index in [1.165, 1.54) is 12.1 Å². The molecule has 0 spiro atoms. The Morgan fingerprint density at radius 2 is 1.71 bits per heavy atom. The molecule has 128 valence electrons. The molecule has 2 rings (SSSR count). The number of halogens is 2. The zero-order valence-electron chi connectivity index (χ0n) is 12.7. The molecule has 2 aromatic rings. The summed E-state index contributed by atoms with van der Waals surface area (Å²) >= 11 is 0. The number of sulfonamides is 1. The van der Waals surface area contributed by atoms with E-state index in [4.69, 9.17) is 0 Å². The van der Waals surface area contributed by atoms with Crippen LogP contribution >= 0.6 is 0 Å². The van der Waals surface area contributed by atoms with Crippen LogP contribution in [0.1, 0.15) is 0 Å². The van der Waals surface area contributed by atoms with Crippen molar-refractivity contribution in [2.45, 2.75) is 4.90 Å². The van der Waals surface area contributed by atoms with Crippen LogP contribution in [-0.4, -0.2) is 27.4 Å². The van der Waals surface area contributed by atoms with E-state index in [1.807, 2.05) is 0 Å². The molecule has 0 aliphatic carbocycles. The van der Waals surface area contributed by atoms with Gasteiger partial charge in [0.05, 0.1) is 9.82 Å². The lowest BCUT2D eigenvalue weighted by molar-refractivity contribution is -0.388. The minimum atomic E-state index is -4.32.